The van der Waals surface area contributed by atoms with E-state index in [1.807, 2.05) is 11.8 Å². The van der Waals surface area contributed by atoms with Crippen LogP contribution in [0.15, 0.2) is 24.3 Å². The number of nitrogens with one attached hydrogen (secondary N) is 1. The first-order valence-electron chi connectivity index (χ1n) is 7.18. The summed E-state index contributed by atoms with van der Waals surface area (Å²) >= 11 is 0. The third-order valence-electron chi connectivity index (χ3n) is 3.66. The van der Waals surface area contributed by atoms with E-state index < -0.39 is 6.61 Å². The van der Waals surface area contributed by atoms with Crippen molar-refractivity contribution in [2.45, 2.75) is 32.4 Å². The fourth-order valence-electron chi connectivity index (χ4n) is 2.66. The number of nitrogens with zero attached hydrogens (tertiary/aromatic N) is 1. The maximum Gasteiger partial charge on any atom is 0.387 e. The van der Waals surface area contributed by atoms with Gasteiger partial charge in [0.2, 0.25) is 0 Å². The standard InChI is InChI=1S/C15H20F2N2O2/c1-2-19(12-6-8-18-9-7-12)14(20)11-4-3-5-13(10-11)21-15(16)17/h3-5,10,12,15,18H,2,6-9H2,1H3. The lowest BCUT2D eigenvalue weighted by atomic mass is 10.0. The molecule has 0 radical (unpaired) electrons. The quantitative estimate of drug-likeness (QED) is 0.908. The van der Waals surface area contributed by atoms with Gasteiger partial charge < -0.3 is 15.0 Å². The van der Waals surface area contributed by atoms with Crippen LogP contribution < -0.4 is 10.1 Å². The van der Waals surface area contributed by atoms with Gasteiger partial charge in [-0.1, -0.05) is 6.07 Å². The lowest BCUT2D eigenvalue weighted by molar-refractivity contribution is -0.0499. The third kappa shape index (κ3) is 4.14. The van der Waals surface area contributed by atoms with Gasteiger partial charge in [0.25, 0.3) is 5.91 Å². The van der Waals surface area contributed by atoms with Crippen LogP contribution in [0.25, 0.3) is 0 Å². The van der Waals surface area contributed by atoms with Gasteiger partial charge in [0, 0.05) is 18.2 Å². The summed E-state index contributed by atoms with van der Waals surface area (Å²) in [7, 11) is 0. The van der Waals surface area contributed by atoms with Crippen LogP contribution in [-0.2, 0) is 0 Å². The SMILES string of the molecule is CCN(C(=O)c1cccc(OC(F)F)c1)C1CCNCC1. The molecular weight excluding hydrogens is 278 g/mol. The van der Waals surface area contributed by atoms with E-state index in [1.54, 1.807) is 12.1 Å². The van der Waals surface area contributed by atoms with Crippen LogP contribution in [0.5, 0.6) is 5.75 Å². The van der Waals surface area contributed by atoms with Gasteiger partial charge in [-0.15, -0.1) is 0 Å². The molecule has 2 rings (SSSR count). The van der Waals surface area contributed by atoms with E-state index in [-0.39, 0.29) is 17.7 Å². The second kappa shape index (κ2) is 7.36. The zero-order valence-electron chi connectivity index (χ0n) is 12.0. The van der Waals surface area contributed by atoms with Crippen molar-refractivity contribution in [3.8, 4) is 5.75 Å². The molecule has 1 saturated heterocycles. The molecule has 1 N–H and O–H groups in total. The molecule has 116 valence electrons. The number of alkyl halides is 2. The Labute approximate surface area is 123 Å². The number of carbonyl (C=O) groups is 1. The van der Waals surface area contributed by atoms with E-state index in [2.05, 4.69) is 10.1 Å². The highest BCUT2D eigenvalue weighted by Gasteiger charge is 2.25. The van der Waals surface area contributed by atoms with Gasteiger partial charge in [-0.3, -0.25) is 4.79 Å². The molecule has 21 heavy (non-hydrogen) atoms. The molecule has 1 aliphatic rings. The van der Waals surface area contributed by atoms with Crippen molar-refractivity contribution in [3.05, 3.63) is 29.8 Å². The topological polar surface area (TPSA) is 41.6 Å². The summed E-state index contributed by atoms with van der Waals surface area (Å²) in [5.41, 5.74) is 0.383. The summed E-state index contributed by atoms with van der Waals surface area (Å²) in [6.45, 7) is 1.43. The number of carbonyl (C=O) groups excluding carboxylic acids is 1. The molecule has 1 aromatic rings. The third-order valence-corrected chi connectivity index (χ3v) is 3.66. The Morgan fingerprint density at radius 3 is 2.76 bits per heavy atom. The van der Waals surface area contributed by atoms with Crippen molar-refractivity contribution in [2.75, 3.05) is 19.6 Å². The second-order valence-electron chi connectivity index (χ2n) is 4.98. The Morgan fingerprint density at radius 1 is 1.43 bits per heavy atom. The molecule has 1 fully saturated rings. The van der Waals surface area contributed by atoms with E-state index in [0.29, 0.717) is 12.1 Å². The zero-order valence-corrected chi connectivity index (χ0v) is 12.0. The van der Waals surface area contributed by atoms with Crippen molar-refractivity contribution in [2.24, 2.45) is 0 Å². The van der Waals surface area contributed by atoms with Crippen molar-refractivity contribution < 1.29 is 18.3 Å². The van der Waals surface area contributed by atoms with Crippen LogP contribution in [0.2, 0.25) is 0 Å². The smallest absolute Gasteiger partial charge is 0.387 e. The number of piperidine rings is 1. The molecule has 0 saturated carbocycles. The maximum absolute atomic E-state index is 12.6. The molecule has 1 heterocycles. The minimum atomic E-state index is -2.89. The van der Waals surface area contributed by atoms with Crippen LogP contribution >= 0.6 is 0 Å². The highest BCUT2D eigenvalue weighted by molar-refractivity contribution is 5.94. The van der Waals surface area contributed by atoms with E-state index in [4.69, 9.17) is 0 Å². The normalized spacial score (nSPS) is 16.0. The van der Waals surface area contributed by atoms with Gasteiger partial charge in [0.05, 0.1) is 0 Å². The van der Waals surface area contributed by atoms with Crippen molar-refractivity contribution >= 4 is 5.91 Å². The number of rotatable bonds is 5. The zero-order chi connectivity index (χ0) is 15.2. The Kier molecular flexibility index (Phi) is 5.50. The average Bonchev–Trinajstić information content (AvgIpc) is 2.48. The van der Waals surface area contributed by atoms with E-state index in [1.165, 1.54) is 12.1 Å². The number of ether oxygens (including phenoxy) is 1. The molecular formula is C15H20F2N2O2. The van der Waals surface area contributed by atoms with Crippen LogP contribution in [0, 0.1) is 0 Å². The molecule has 1 aliphatic heterocycles. The highest BCUT2D eigenvalue weighted by Crippen LogP contribution is 2.20. The maximum atomic E-state index is 12.6. The molecule has 0 unspecified atom stereocenters. The summed E-state index contributed by atoms with van der Waals surface area (Å²) < 4.78 is 28.8. The summed E-state index contributed by atoms with van der Waals surface area (Å²) in [4.78, 5) is 14.4. The summed E-state index contributed by atoms with van der Waals surface area (Å²) in [5.74, 6) is -0.124. The van der Waals surface area contributed by atoms with Crippen molar-refractivity contribution in [1.82, 2.24) is 10.2 Å². The molecule has 6 heteroatoms. The molecule has 0 aliphatic carbocycles. The van der Waals surface area contributed by atoms with Crippen LogP contribution in [-0.4, -0.2) is 43.1 Å². The van der Waals surface area contributed by atoms with Crippen LogP contribution in [0.1, 0.15) is 30.1 Å². The lowest BCUT2D eigenvalue weighted by Crippen LogP contribution is -2.46. The fraction of sp³-hybridized carbons (Fsp3) is 0.533. The molecule has 1 aromatic carbocycles. The Bertz CT molecular complexity index is 476. The first-order chi connectivity index (χ1) is 10.1. The van der Waals surface area contributed by atoms with E-state index in [0.717, 1.165) is 25.9 Å². The number of halogens is 2. The first-order valence-corrected chi connectivity index (χ1v) is 7.18. The monoisotopic (exact) mass is 298 g/mol. The van der Waals surface area contributed by atoms with E-state index in [9.17, 15) is 13.6 Å². The van der Waals surface area contributed by atoms with Gasteiger partial charge in [0.15, 0.2) is 0 Å². The van der Waals surface area contributed by atoms with Gasteiger partial charge in [-0.2, -0.15) is 8.78 Å². The lowest BCUT2D eigenvalue weighted by Gasteiger charge is -2.34. The minimum Gasteiger partial charge on any atom is -0.435 e. The largest absolute Gasteiger partial charge is 0.435 e. The Hall–Kier alpha value is -1.69. The number of hydrogen-bond acceptors (Lipinski definition) is 3. The molecule has 4 nitrogen and oxygen atoms in total. The van der Waals surface area contributed by atoms with Gasteiger partial charge >= 0.3 is 6.61 Å². The van der Waals surface area contributed by atoms with Crippen LogP contribution in [0.3, 0.4) is 0 Å². The number of hydrogen-bond donors (Lipinski definition) is 1. The molecule has 1 amide bonds. The molecule has 0 bridgehead atoms. The summed E-state index contributed by atoms with van der Waals surface area (Å²) in [5, 5.41) is 3.26. The summed E-state index contributed by atoms with van der Waals surface area (Å²) in [6, 6.07) is 6.18. The number of benzene rings is 1. The molecule has 0 spiro atoms. The molecule has 0 atom stereocenters. The van der Waals surface area contributed by atoms with E-state index >= 15 is 0 Å². The van der Waals surface area contributed by atoms with Crippen molar-refractivity contribution in [1.29, 1.82) is 0 Å². The minimum absolute atomic E-state index is 0.0113. The second-order valence-corrected chi connectivity index (χ2v) is 4.98. The molecule has 0 aromatic heterocycles. The first kappa shape index (κ1) is 15.7. The van der Waals surface area contributed by atoms with Gasteiger partial charge in [-0.05, 0) is 51.1 Å². The van der Waals surface area contributed by atoms with Crippen molar-refractivity contribution in [3.63, 3.8) is 0 Å². The average molecular weight is 298 g/mol. The van der Waals surface area contributed by atoms with Crippen LogP contribution in [0.4, 0.5) is 8.78 Å². The fourth-order valence-corrected chi connectivity index (χ4v) is 2.66. The number of amides is 1. The Morgan fingerprint density at radius 2 is 2.14 bits per heavy atom. The van der Waals surface area contributed by atoms with Gasteiger partial charge in [0.1, 0.15) is 5.75 Å². The van der Waals surface area contributed by atoms with Gasteiger partial charge in [-0.25, -0.2) is 0 Å². The summed E-state index contributed by atoms with van der Waals surface area (Å²) in [6.07, 6.45) is 1.82. The predicted octanol–water partition coefficient (Wildman–Crippen LogP) is 2.50. The predicted molar refractivity (Wildman–Crippen MR) is 75.7 cm³/mol. The Balaban J connectivity index is 2.13. The highest BCUT2D eigenvalue weighted by atomic mass is 19.3.